The molecule has 0 unspecified atom stereocenters. The van der Waals surface area contributed by atoms with E-state index in [1.165, 1.54) is 21.7 Å². The zero-order valence-corrected chi connectivity index (χ0v) is 17.2. The van der Waals surface area contributed by atoms with Crippen LogP contribution in [0.15, 0.2) is 23.1 Å². The summed E-state index contributed by atoms with van der Waals surface area (Å²) in [6, 6.07) is 4.35. The highest BCUT2D eigenvalue weighted by atomic mass is 32.2. The molecule has 3 rings (SSSR count). The second-order valence-electron chi connectivity index (χ2n) is 7.38. The van der Waals surface area contributed by atoms with E-state index in [0.717, 1.165) is 29.4 Å². The van der Waals surface area contributed by atoms with Gasteiger partial charge in [-0.3, -0.25) is 14.5 Å². The molecule has 2 aliphatic heterocycles. The normalized spacial score (nSPS) is 20.7. The molecule has 2 heterocycles. The van der Waals surface area contributed by atoms with Gasteiger partial charge in [0.1, 0.15) is 0 Å². The van der Waals surface area contributed by atoms with E-state index in [0.29, 0.717) is 11.4 Å². The molecule has 2 amide bonds. The summed E-state index contributed by atoms with van der Waals surface area (Å²) >= 11 is 1.03. The Hall–Kier alpha value is -2.01. The van der Waals surface area contributed by atoms with Crippen molar-refractivity contribution >= 4 is 40.2 Å². The third-order valence-corrected chi connectivity index (χ3v) is 6.07. The van der Waals surface area contributed by atoms with Gasteiger partial charge in [0.15, 0.2) is 0 Å². The molecule has 1 aromatic rings. The Bertz CT molecular complexity index is 852. The standard InChI is InChI=1S/C21H26N2O2S/c1-7-22-19(24)18(26-20(22)25)11-15-10-16-14(4)12-21(5,6)23(8-2)17(16)9-13(15)3/h9-12H,7-8H2,1-6H3/b18-11-. The van der Waals surface area contributed by atoms with Crippen LogP contribution in [0.5, 0.6) is 0 Å². The fourth-order valence-corrected chi connectivity index (χ4v) is 4.79. The predicted molar refractivity (Wildman–Crippen MR) is 110 cm³/mol. The Balaban J connectivity index is 2.08. The number of anilines is 1. The smallest absolute Gasteiger partial charge is 0.293 e. The molecular weight excluding hydrogens is 344 g/mol. The summed E-state index contributed by atoms with van der Waals surface area (Å²) in [5, 5.41) is -0.186. The Morgan fingerprint density at radius 1 is 1.12 bits per heavy atom. The second-order valence-corrected chi connectivity index (χ2v) is 8.37. The van der Waals surface area contributed by atoms with Crippen LogP contribution in [0.2, 0.25) is 0 Å². The van der Waals surface area contributed by atoms with Crippen LogP contribution in [-0.2, 0) is 4.79 Å². The van der Waals surface area contributed by atoms with Gasteiger partial charge in [-0.15, -0.1) is 0 Å². The van der Waals surface area contributed by atoms with Gasteiger partial charge in [-0.25, -0.2) is 0 Å². The first-order valence-electron chi connectivity index (χ1n) is 9.07. The number of thioether (sulfide) groups is 1. The molecule has 5 heteroatoms. The average Bonchev–Trinajstić information content (AvgIpc) is 2.81. The van der Waals surface area contributed by atoms with E-state index in [-0.39, 0.29) is 16.7 Å². The van der Waals surface area contributed by atoms with Crippen molar-refractivity contribution in [3.8, 4) is 0 Å². The molecule has 0 spiro atoms. The number of likely N-dealkylation sites (N-methyl/N-ethyl adjacent to an activating group) is 2. The highest BCUT2D eigenvalue weighted by molar-refractivity contribution is 8.18. The summed E-state index contributed by atoms with van der Waals surface area (Å²) in [5.41, 5.74) is 5.74. The van der Waals surface area contributed by atoms with E-state index < -0.39 is 0 Å². The van der Waals surface area contributed by atoms with Crippen LogP contribution in [0, 0.1) is 6.92 Å². The maximum atomic E-state index is 12.4. The van der Waals surface area contributed by atoms with Crippen molar-refractivity contribution in [2.75, 3.05) is 18.0 Å². The van der Waals surface area contributed by atoms with E-state index in [9.17, 15) is 9.59 Å². The fraction of sp³-hybridized carbons (Fsp3) is 0.429. The topological polar surface area (TPSA) is 40.6 Å². The molecule has 1 aromatic carbocycles. The maximum Gasteiger partial charge on any atom is 0.293 e. The van der Waals surface area contributed by atoms with E-state index in [1.54, 1.807) is 0 Å². The predicted octanol–water partition coefficient (Wildman–Crippen LogP) is 5.07. The van der Waals surface area contributed by atoms with Crippen LogP contribution in [0.1, 0.15) is 51.3 Å². The summed E-state index contributed by atoms with van der Waals surface area (Å²) < 4.78 is 0. The highest BCUT2D eigenvalue weighted by Gasteiger charge is 2.34. The zero-order chi connectivity index (χ0) is 19.2. The third-order valence-electron chi connectivity index (χ3n) is 5.16. The Morgan fingerprint density at radius 2 is 1.81 bits per heavy atom. The lowest BCUT2D eigenvalue weighted by atomic mass is 9.87. The lowest BCUT2D eigenvalue weighted by Gasteiger charge is -2.43. The van der Waals surface area contributed by atoms with Crippen LogP contribution < -0.4 is 4.90 Å². The maximum absolute atomic E-state index is 12.4. The number of aryl methyl sites for hydroxylation is 1. The van der Waals surface area contributed by atoms with E-state index in [1.807, 2.05) is 13.0 Å². The lowest BCUT2D eigenvalue weighted by molar-refractivity contribution is -0.122. The second kappa shape index (κ2) is 6.62. The molecule has 0 N–H and O–H groups in total. The SMILES string of the molecule is CCN1C(=O)S/C(=C\c2cc3c(cc2C)N(CC)C(C)(C)C=C3C)C1=O. The highest BCUT2D eigenvalue weighted by Crippen LogP contribution is 2.41. The van der Waals surface area contributed by atoms with Gasteiger partial charge in [0.25, 0.3) is 11.1 Å². The van der Waals surface area contributed by atoms with E-state index in [4.69, 9.17) is 0 Å². The summed E-state index contributed by atoms with van der Waals surface area (Å²) in [6.45, 7) is 14.0. The molecule has 0 aliphatic carbocycles. The number of carbonyl (C=O) groups excluding carboxylic acids is 2. The number of benzene rings is 1. The number of amides is 2. The van der Waals surface area contributed by atoms with Crippen molar-refractivity contribution in [1.29, 1.82) is 0 Å². The molecule has 0 saturated carbocycles. The summed E-state index contributed by atoms with van der Waals surface area (Å²) in [5.74, 6) is -0.191. The third kappa shape index (κ3) is 2.98. The minimum atomic E-state index is -0.191. The van der Waals surface area contributed by atoms with Gasteiger partial charge in [0.05, 0.1) is 10.4 Å². The number of fused-ring (bicyclic) bond motifs is 1. The molecule has 138 valence electrons. The largest absolute Gasteiger partial charge is 0.363 e. The minimum absolute atomic E-state index is 0.0242. The molecule has 2 aliphatic rings. The quantitative estimate of drug-likeness (QED) is 0.696. The van der Waals surface area contributed by atoms with Gasteiger partial charge in [-0.1, -0.05) is 6.08 Å². The van der Waals surface area contributed by atoms with Crippen molar-refractivity contribution in [2.45, 2.75) is 47.1 Å². The number of nitrogens with zero attached hydrogens (tertiary/aromatic N) is 2. The Labute approximate surface area is 159 Å². The van der Waals surface area contributed by atoms with Crippen molar-refractivity contribution in [3.63, 3.8) is 0 Å². The Kier molecular flexibility index (Phi) is 4.78. The van der Waals surface area contributed by atoms with Gasteiger partial charge < -0.3 is 4.90 Å². The number of hydrogen-bond acceptors (Lipinski definition) is 4. The van der Waals surface area contributed by atoms with E-state index >= 15 is 0 Å². The monoisotopic (exact) mass is 370 g/mol. The van der Waals surface area contributed by atoms with Crippen molar-refractivity contribution in [1.82, 2.24) is 4.90 Å². The van der Waals surface area contributed by atoms with Crippen molar-refractivity contribution in [3.05, 3.63) is 39.8 Å². The first-order chi connectivity index (χ1) is 12.2. The van der Waals surface area contributed by atoms with Crippen molar-refractivity contribution < 1.29 is 9.59 Å². The summed E-state index contributed by atoms with van der Waals surface area (Å²) in [7, 11) is 0. The number of hydrogen-bond donors (Lipinski definition) is 0. The molecule has 4 nitrogen and oxygen atoms in total. The molecular formula is C21H26N2O2S. The van der Waals surface area contributed by atoms with Crippen LogP contribution in [0.25, 0.3) is 11.6 Å². The fourth-order valence-electron chi connectivity index (χ4n) is 3.89. The summed E-state index contributed by atoms with van der Waals surface area (Å²) in [6.07, 6.45) is 4.16. The van der Waals surface area contributed by atoms with Gasteiger partial charge in [-0.2, -0.15) is 0 Å². The van der Waals surface area contributed by atoms with Crippen LogP contribution >= 0.6 is 11.8 Å². The van der Waals surface area contributed by atoms with Crippen LogP contribution in [0.4, 0.5) is 10.5 Å². The van der Waals surface area contributed by atoms with Gasteiger partial charge >= 0.3 is 0 Å². The number of allylic oxidation sites excluding steroid dienone is 1. The van der Waals surface area contributed by atoms with Gasteiger partial charge in [0, 0.05) is 24.3 Å². The van der Waals surface area contributed by atoms with Crippen LogP contribution in [0.3, 0.4) is 0 Å². The molecule has 0 radical (unpaired) electrons. The zero-order valence-electron chi connectivity index (χ0n) is 16.3. The molecule has 1 saturated heterocycles. The number of carbonyl (C=O) groups is 2. The molecule has 26 heavy (non-hydrogen) atoms. The Morgan fingerprint density at radius 3 is 2.38 bits per heavy atom. The van der Waals surface area contributed by atoms with Crippen LogP contribution in [-0.4, -0.2) is 34.7 Å². The molecule has 1 fully saturated rings. The molecule has 0 atom stereocenters. The van der Waals surface area contributed by atoms with Crippen molar-refractivity contribution in [2.24, 2.45) is 0 Å². The first kappa shape index (κ1) is 18.8. The number of imide groups is 1. The van der Waals surface area contributed by atoms with Gasteiger partial charge in [-0.05, 0) is 88.2 Å². The average molecular weight is 371 g/mol. The minimum Gasteiger partial charge on any atom is -0.363 e. The first-order valence-corrected chi connectivity index (χ1v) is 9.88. The lowest BCUT2D eigenvalue weighted by Crippen LogP contribution is -2.44. The summed E-state index contributed by atoms with van der Waals surface area (Å²) in [4.78, 5) is 28.5. The number of rotatable bonds is 3. The van der Waals surface area contributed by atoms with Gasteiger partial charge in [0.2, 0.25) is 0 Å². The van der Waals surface area contributed by atoms with E-state index in [2.05, 4.69) is 57.7 Å². The molecule has 0 aromatic heterocycles. The molecule has 0 bridgehead atoms.